The average Bonchev–Trinajstić information content (AvgIpc) is 3.89. The summed E-state index contributed by atoms with van der Waals surface area (Å²) in [5.74, 6) is -1.45. The number of pyridine rings is 2. The van der Waals surface area contributed by atoms with Crippen molar-refractivity contribution in [2.24, 2.45) is 0 Å². The van der Waals surface area contributed by atoms with Gasteiger partial charge in [0.1, 0.15) is 11.6 Å². The maximum absolute atomic E-state index is 16.8. The van der Waals surface area contributed by atoms with E-state index in [0.29, 0.717) is 22.5 Å². The maximum atomic E-state index is 16.8. The van der Waals surface area contributed by atoms with Crippen LogP contribution in [-0.4, -0.2) is 19.1 Å². The van der Waals surface area contributed by atoms with Gasteiger partial charge in [-0.05, 0) is 71.8 Å². The molecule has 0 aliphatic rings. The summed E-state index contributed by atoms with van der Waals surface area (Å²) in [5.41, 5.74) is 12.0. The average molecular weight is 852 g/mol. The molecule has 0 radical (unpaired) electrons. The minimum atomic E-state index is -0.723. The zero-order valence-electron chi connectivity index (χ0n) is 35.2. The molecular weight excluding hydrogens is 817 g/mol. The van der Waals surface area contributed by atoms with Crippen molar-refractivity contribution in [2.75, 3.05) is 0 Å². The number of fused-ring (bicyclic) bond motifs is 6. The molecule has 12 aromatic rings. The highest BCUT2D eigenvalue weighted by atomic mass is 19.1. The first-order chi connectivity index (χ1) is 32.5. The van der Waals surface area contributed by atoms with E-state index in [1.165, 1.54) is 18.2 Å². The van der Waals surface area contributed by atoms with Gasteiger partial charge in [0.05, 0.1) is 62.0 Å². The van der Waals surface area contributed by atoms with Crippen LogP contribution in [0.25, 0.3) is 111 Å². The van der Waals surface area contributed by atoms with E-state index in [4.69, 9.17) is 9.97 Å². The molecule has 0 aliphatic heterocycles. The van der Waals surface area contributed by atoms with Gasteiger partial charge < -0.3 is 9.13 Å². The van der Waals surface area contributed by atoms with Gasteiger partial charge in [0.15, 0.2) is 0 Å². The normalized spacial score (nSPS) is 11.5. The fraction of sp³-hybridized carbons (Fsp3) is 0. The fourth-order valence-electron chi connectivity index (χ4n) is 9.53. The first-order valence-corrected chi connectivity index (χ1v) is 21.7. The minimum Gasteiger partial charge on any atom is -0.308 e. The lowest BCUT2D eigenvalue weighted by molar-refractivity contribution is 0.589. The Morgan fingerprint density at radius 1 is 0.364 bits per heavy atom. The number of nitriles is 1. The van der Waals surface area contributed by atoms with E-state index in [-0.39, 0.29) is 5.56 Å². The van der Waals surface area contributed by atoms with Crippen LogP contribution < -0.4 is 0 Å². The van der Waals surface area contributed by atoms with E-state index < -0.39 is 11.6 Å². The third-order valence-electron chi connectivity index (χ3n) is 12.6. The van der Waals surface area contributed by atoms with Crippen molar-refractivity contribution >= 4 is 43.6 Å². The molecule has 0 spiro atoms. The van der Waals surface area contributed by atoms with E-state index in [9.17, 15) is 5.26 Å². The van der Waals surface area contributed by atoms with Crippen LogP contribution in [0.3, 0.4) is 0 Å². The zero-order chi connectivity index (χ0) is 44.3. The van der Waals surface area contributed by atoms with Crippen molar-refractivity contribution in [2.45, 2.75) is 0 Å². The molecule has 0 bridgehead atoms. The standard InChI is InChI=1S/C59H35F2N5/c60-48-18-11-19-49(61)58(48)59-56(65-52-20-9-7-16-44(52)46-26-22-40(32-54(46)65)42-24-28-50(63-35-42)38-12-3-1-4-13-38)30-37(34-62)31-57(59)66-53-21-10-8-17-45(53)47-27-23-41(33-55(47)66)43-25-29-51(64-36-43)39-14-5-2-6-15-39/h1-33,35-36H. The van der Waals surface area contributed by atoms with Gasteiger partial charge in [-0.25, -0.2) is 8.78 Å². The Labute approximate surface area is 378 Å². The van der Waals surface area contributed by atoms with Crippen molar-refractivity contribution in [3.05, 3.63) is 230 Å². The number of rotatable bonds is 7. The number of aromatic nitrogens is 4. The van der Waals surface area contributed by atoms with Crippen LogP contribution in [0.5, 0.6) is 0 Å². The first kappa shape index (κ1) is 38.7. The predicted octanol–water partition coefficient (Wildman–Crippen LogP) is 15.2. The van der Waals surface area contributed by atoms with Gasteiger partial charge in [-0.15, -0.1) is 0 Å². The maximum Gasteiger partial charge on any atom is 0.134 e. The van der Waals surface area contributed by atoms with Crippen LogP contribution in [0.1, 0.15) is 5.56 Å². The fourth-order valence-corrected chi connectivity index (χ4v) is 9.53. The SMILES string of the molecule is N#Cc1cc(-n2c3ccccc3c3ccc(-c4ccc(-c5ccccc5)nc4)cc32)c(-c2c(F)cccc2F)c(-n2c3ccccc3c3ccc(-c4ccc(-c5ccccc5)nc4)cc32)c1. The number of nitrogens with zero attached hydrogens (tertiary/aromatic N) is 5. The topological polar surface area (TPSA) is 59.4 Å². The number of hydrogen-bond donors (Lipinski definition) is 0. The van der Waals surface area contributed by atoms with Crippen molar-refractivity contribution in [1.82, 2.24) is 19.1 Å². The Bertz CT molecular complexity index is 3640. The number of hydrogen-bond acceptors (Lipinski definition) is 3. The molecule has 4 aromatic heterocycles. The highest BCUT2D eigenvalue weighted by molar-refractivity contribution is 6.13. The monoisotopic (exact) mass is 851 g/mol. The van der Waals surface area contributed by atoms with Gasteiger partial charge >= 0.3 is 0 Å². The predicted molar refractivity (Wildman–Crippen MR) is 263 cm³/mol. The molecule has 0 unspecified atom stereocenters. The van der Waals surface area contributed by atoms with Crippen molar-refractivity contribution in [3.63, 3.8) is 0 Å². The van der Waals surface area contributed by atoms with Gasteiger partial charge in [-0.3, -0.25) is 9.97 Å². The van der Waals surface area contributed by atoms with Crippen LogP contribution >= 0.6 is 0 Å². The molecule has 5 nitrogen and oxygen atoms in total. The second-order valence-corrected chi connectivity index (χ2v) is 16.4. The van der Waals surface area contributed by atoms with Crippen LogP contribution in [0.15, 0.2) is 213 Å². The molecule has 310 valence electrons. The molecule has 12 rings (SSSR count). The third-order valence-corrected chi connectivity index (χ3v) is 12.6. The van der Waals surface area contributed by atoms with Crippen LogP contribution in [-0.2, 0) is 0 Å². The van der Waals surface area contributed by atoms with E-state index in [2.05, 4.69) is 66.7 Å². The summed E-state index contributed by atoms with van der Waals surface area (Å²) < 4.78 is 37.6. The van der Waals surface area contributed by atoms with Gasteiger partial charge in [0, 0.05) is 61.8 Å². The van der Waals surface area contributed by atoms with E-state index in [1.807, 2.05) is 131 Å². The van der Waals surface area contributed by atoms with Crippen LogP contribution in [0.2, 0.25) is 0 Å². The Morgan fingerprint density at radius 3 is 1.23 bits per heavy atom. The Hall–Kier alpha value is -8.99. The summed E-state index contributed by atoms with van der Waals surface area (Å²) in [6.07, 6.45) is 3.74. The largest absolute Gasteiger partial charge is 0.308 e. The van der Waals surface area contributed by atoms with Gasteiger partial charge in [0.2, 0.25) is 0 Å². The van der Waals surface area contributed by atoms with E-state index in [1.54, 1.807) is 12.1 Å². The van der Waals surface area contributed by atoms with Crippen molar-refractivity contribution in [3.8, 4) is 73.3 Å². The van der Waals surface area contributed by atoms with Crippen LogP contribution in [0, 0.1) is 23.0 Å². The second kappa shape index (κ2) is 15.7. The summed E-state index contributed by atoms with van der Waals surface area (Å²) in [5, 5.41) is 14.7. The summed E-state index contributed by atoms with van der Waals surface area (Å²) in [6, 6.07) is 66.6. The lowest BCUT2D eigenvalue weighted by Gasteiger charge is -2.21. The van der Waals surface area contributed by atoms with E-state index >= 15 is 8.78 Å². The number of para-hydroxylation sites is 2. The van der Waals surface area contributed by atoms with E-state index in [0.717, 1.165) is 88.4 Å². The molecule has 4 heterocycles. The molecule has 66 heavy (non-hydrogen) atoms. The second-order valence-electron chi connectivity index (χ2n) is 16.4. The molecule has 0 aliphatic carbocycles. The quantitative estimate of drug-likeness (QED) is 0.160. The summed E-state index contributed by atoms with van der Waals surface area (Å²) in [4.78, 5) is 9.65. The van der Waals surface area contributed by atoms with Gasteiger partial charge in [0.25, 0.3) is 0 Å². The molecule has 8 aromatic carbocycles. The van der Waals surface area contributed by atoms with Crippen molar-refractivity contribution < 1.29 is 8.78 Å². The molecule has 7 heteroatoms. The summed E-state index contributed by atoms with van der Waals surface area (Å²) >= 11 is 0. The molecule has 0 saturated heterocycles. The lowest BCUT2D eigenvalue weighted by Crippen LogP contribution is -2.07. The Kier molecular flexibility index (Phi) is 9.18. The molecule has 0 amide bonds. The Balaban J connectivity index is 1.13. The van der Waals surface area contributed by atoms with Gasteiger partial charge in [-0.2, -0.15) is 5.26 Å². The summed E-state index contributed by atoms with van der Waals surface area (Å²) in [7, 11) is 0. The number of benzene rings is 8. The molecule has 0 atom stereocenters. The molecular formula is C59H35F2N5. The molecule has 0 fully saturated rings. The smallest absolute Gasteiger partial charge is 0.134 e. The minimum absolute atomic E-state index is 0.197. The molecule has 0 saturated carbocycles. The zero-order valence-corrected chi connectivity index (χ0v) is 35.2. The number of halogens is 2. The molecule has 0 N–H and O–H groups in total. The van der Waals surface area contributed by atoms with Crippen LogP contribution in [0.4, 0.5) is 8.78 Å². The highest BCUT2D eigenvalue weighted by Gasteiger charge is 2.27. The van der Waals surface area contributed by atoms with Gasteiger partial charge in [-0.1, -0.05) is 140 Å². The Morgan fingerprint density at radius 2 is 0.788 bits per heavy atom. The summed E-state index contributed by atoms with van der Waals surface area (Å²) in [6.45, 7) is 0. The lowest BCUT2D eigenvalue weighted by atomic mass is 9.97. The first-order valence-electron chi connectivity index (χ1n) is 21.7. The van der Waals surface area contributed by atoms with Crippen molar-refractivity contribution in [1.29, 1.82) is 5.26 Å². The highest BCUT2D eigenvalue weighted by Crippen LogP contribution is 2.45. The third kappa shape index (κ3) is 6.35.